The second-order valence-electron chi connectivity index (χ2n) is 4.74. The lowest BCUT2D eigenvalue weighted by atomic mass is 10.2. The van der Waals surface area contributed by atoms with Gasteiger partial charge in [-0.15, -0.1) is 11.3 Å². The molecule has 0 saturated heterocycles. The largest absolute Gasteiger partial charge is 0.492 e. The molecule has 0 aliphatic carbocycles. The van der Waals surface area contributed by atoms with Crippen LogP contribution in [0.4, 0.5) is 0 Å². The Kier molecular flexibility index (Phi) is 5.91. The number of benzene rings is 1. The van der Waals surface area contributed by atoms with E-state index in [1.807, 2.05) is 24.3 Å². The molecule has 0 spiro atoms. The van der Waals surface area contributed by atoms with Crippen LogP contribution in [-0.2, 0) is 0 Å². The number of likely N-dealkylation sites (N-methyl/N-ethyl adjacent to an activating group) is 1. The van der Waals surface area contributed by atoms with E-state index in [1.54, 1.807) is 5.38 Å². The van der Waals surface area contributed by atoms with Gasteiger partial charge in [0.1, 0.15) is 17.4 Å². The first kappa shape index (κ1) is 16.5. The fraction of sp³-hybridized carbons (Fsp3) is 0.375. The van der Waals surface area contributed by atoms with Gasteiger partial charge in [-0.05, 0) is 37.4 Å². The number of rotatable bonds is 8. The molecule has 0 aliphatic heterocycles. The van der Waals surface area contributed by atoms with E-state index in [0.717, 1.165) is 30.9 Å². The van der Waals surface area contributed by atoms with Gasteiger partial charge in [-0.25, -0.2) is 9.78 Å². The maximum Gasteiger partial charge on any atom is 0.355 e. The van der Waals surface area contributed by atoms with Crippen molar-refractivity contribution in [2.45, 2.75) is 13.8 Å². The minimum Gasteiger partial charge on any atom is -0.492 e. The van der Waals surface area contributed by atoms with Crippen LogP contribution in [0, 0.1) is 0 Å². The third-order valence-electron chi connectivity index (χ3n) is 3.40. The van der Waals surface area contributed by atoms with Gasteiger partial charge in [0.2, 0.25) is 0 Å². The predicted molar refractivity (Wildman–Crippen MR) is 87.8 cm³/mol. The predicted octanol–water partition coefficient (Wildman–Crippen LogP) is 3.23. The molecule has 5 nitrogen and oxygen atoms in total. The van der Waals surface area contributed by atoms with E-state index in [1.165, 1.54) is 11.3 Å². The molecule has 1 heterocycles. The van der Waals surface area contributed by atoms with E-state index in [4.69, 9.17) is 9.84 Å². The molecule has 22 heavy (non-hydrogen) atoms. The summed E-state index contributed by atoms with van der Waals surface area (Å²) < 4.78 is 5.72. The Labute approximate surface area is 134 Å². The number of aromatic nitrogens is 1. The third-order valence-corrected chi connectivity index (χ3v) is 4.29. The zero-order valence-corrected chi connectivity index (χ0v) is 13.6. The lowest BCUT2D eigenvalue weighted by molar-refractivity contribution is 0.0691. The van der Waals surface area contributed by atoms with Gasteiger partial charge in [-0.1, -0.05) is 13.8 Å². The first-order chi connectivity index (χ1) is 10.6. The van der Waals surface area contributed by atoms with E-state index >= 15 is 0 Å². The standard InChI is InChI=1S/C16H20N2O3S/c1-3-18(4-2)9-10-21-13-7-5-12(6-8-13)15-17-14(11-22-15)16(19)20/h5-8,11H,3-4,9-10H2,1-2H3,(H,19,20). The van der Waals surface area contributed by atoms with Crippen molar-refractivity contribution in [1.29, 1.82) is 0 Å². The van der Waals surface area contributed by atoms with Crippen LogP contribution in [-0.4, -0.2) is 47.2 Å². The van der Waals surface area contributed by atoms with Crippen LogP contribution >= 0.6 is 11.3 Å². The zero-order chi connectivity index (χ0) is 15.9. The van der Waals surface area contributed by atoms with Crippen LogP contribution < -0.4 is 4.74 Å². The Bertz CT molecular complexity index is 606. The molecule has 0 radical (unpaired) electrons. The number of carbonyl (C=O) groups is 1. The highest BCUT2D eigenvalue weighted by Gasteiger charge is 2.10. The van der Waals surface area contributed by atoms with Crippen LogP contribution in [0.1, 0.15) is 24.3 Å². The molecule has 6 heteroatoms. The van der Waals surface area contributed by atoms with Crippen molar-refractivity contribution in [1.82, 2.24) is 9.88 Å². The van der Waals surface area contributed by atoms with Crippen LogP contribution in [0.25, 0.3) is 10.6 Å². The number of ether oxygens (including phenoxy) is 1. The molecule has 2 rings (SSSR count). The van der Waals surface area contributed by atoms with Crippen molar-refractivity contribution >= 4 is 17.3 Å². The highest BCUT2D eigenvalue weighted by molar-refractivity contribution is 7.13. The number of thiazole rings is 1. The summed E-state index contributed by atoms with van der Waals surface area (Å²) in [5.74, 6) is -0.190. The first-order valence-corrected chi connectivity index (χ1v) is 8.16. The maximum absolute atomic E-state index is 10.8. The SMILES string of the molecule is CCN(CC)CCOc1ccc(-c2nc(C(=O)O)cs2)cc1. The highest BCUT2D eigenvalue weighted by Crippen LogP contribution is 2.25. The van der Waals surface area contributed by atoms with E-state index < -0.39 is 5.97 Å². The minimum absolute atomic E-state index is 0.0829. The molecule has 0 amide bonds. The van der Waals surface area contributed by atoms with E-state index in [2.05, 4.69) is 23.7 Å². The van der Waals surface area contributed by atoms with Crippen molar-refractivity contribution < 1.29 is 14.6 Å². The Morgan fingerprint density at radius 1 is 1.27 bits per heavy atom. The van der Waals surface area contributed by atoms with Crippen LogP contribution in [0.5, 0.6) is 5.75 Å². The third kappa shape index (κ3) is 4.29. The summed E-state index contributed by atoms with van der Waals surface area (Å²) in [6.45, 7) is 7.88. The summed E-state index contributed by atoms with van der Waals surface area (Å²) in [5, 5.41) is 11.1. The summed E-state index contributed by atoms with van der Waals surface area (Å²) in [5.41, 5.74) is 0.980. The maximum atomic E-state index is 10.8. The van der Waals surface area contributed by atoms with Gasteiger partial charge in [-0.2, -0.15) is 0 Å². The molecule has 0 fully saturated rings. The second kappa shape index (κ2) is 7.91. The van der Waals surface area contributed by atoms with Gasteiger partial charge in [0.15, 0.2) is 5.69 Å². The van der Waals surface area contributed by atoms with Gasteiger partial charge in [0, 0.05) is 17.5 Å². The van der Waals surface area contributed by atoms with Crippen molar-refractivity contribution in [2.24, 2.45) is 0 Å². The van der Waals surface area contributed by atoms with E-state index in [-0.39, 0.29) is 5.69 Å². The highest BCUT2D eigenvalue weighted by atomic mass is 32.1. The van der Waals surface area contributed by atoms with Crippen molar-refractivity contribution in [2.75, 3.05) is 26.2 Å². The number of carboxylic acids is 1. The summed E-state index contributed by atoms with van der Waals surface area (Å²) in [4.78, 5) is 17.2. The Balaban J connectivity index is 1.93. The molecule has 0 bridgehead atoms. The smallest absolute Gasteiger partial charge is 0.355 e. The van der Waals surface area contributed by atoms with Gasteiger partial charge >= 0.3 is 5.97 Å². The summed E-state index contributed by atoms with van der Waals surface area (Å²) in [6.07, 6.45) is 0. The number of nitrogens with zero attached hydrogens (tertiary/aromatic N) is 2. The molecule has 1 N–H and O–H groups in total. The Morgan fingerprint density at radius 2 is 1.95 bits per heavy atom. The fourth-order valence-corrected chi connectivity index (χ4v) is 2.83. The molecular formula is C16H20N2O3S. The number of carboxylic acid groups (broad SMARTS) is 1. The second-order valence-corrected chi connectivity index (χ2v) is 5.60. The van der Waals surface area contributed by atoms with Crippen molar-refractivity contribution in [3.8, 4) is 16.3 Å². The molecule has 1 aromatic carbocycles. The Hall–Kier alpha value is -1.92. The number of hydrogen-bond acceptors (Lipinski definition) is 5. The molecule has 0 aliphatic rings. The monoisotopic (exact) mass is 320 g/mol. The quantitative estimate of drug-likeness (QED) is 0.809. The van der Waals surface area contributed by atoms with Gasteiger partial charge < -0.3 is 14.7 Å². The summed E-state index contributed by atoms with van der Waals surface area (Å²) >= 11 is 1.33. The lowest BCUT2D eigenvalue weighted by Crippen LogP contribution is -2.27. The van der Waals surface area contributed by atoms with Crippen LogP contribution in [0.2, 0.25) is 0 Å². The van der Waals surface area contributed by atoms with Gasteiger partial charge in [0.25, 0.3) is 0 Å². The van der Waals surface area contributed by atoms with E-state index in [9.17, 15) is 4.79 Å². The van der Waals surface area contributed by atoms with Crippen LogP contribution in [0.3, 0.4) is 0 Å². The normalized spacial score (nSPS) is 10.9. The van der Waals surface area contributed by atoms with Gasteiger partial charge in [0.05, 0.1) is 0 Å². The van der Waals surface area contributed by atoms with Gasteiger partial charge in [-0.3, -0.25) is 0 Å². The molecule has 118 valence electrons. The van der Waals surface area contributed by atoms with Crippen LogP contribution in [0.15, 0.2) is 29.6 Å². The average molecular weight is 320 g/mol. The van der Waals surface area contributed by atoms with Crippen molar-refractivity contribution in [3.63, 3.8) is 0 Å². The number of aromatic carboxylic acids is 1. The molecule has 0 unspecified atom stereocenters. The zero-order valence-electron chi connectivity index (χ0n) is 12.8. The average Bonchev–Trinajstić information content (AvgIpc) is 3.02. The lowest BCUT2D eigenvalue weighted by Gasteiger charge is -2.18. The minimum atomic E-state index is -1.00. The number of hydrogen-bond donors (Lipinski definition) is 1. The first-order valence-electron chi connectivity index (χ1n) is 7.28. The molecule has 1 aromatic heterocycles. The molecule has 2 aromatic rings. The van der Waals surface area contributed by atoms with E-state index in [0.29, 0.717) is 11.6 Å². The molecule has 0 saturated carbocycles. The topological polar surface area (TPSA) is 62.7 Å². The summed E-state index contributed by atoms with van der Waals surface area (Å²) in [7, 11) is 0. The van der Waals surface area contributed by atoms with Crippen molar-refractivity contribution in [3.05, 3.63) is 35.3 Å². The summed E-state index contributed by atoms with van der Waals surface area (Å²) in [6, 6.07) is 7.58. The molecule has 0 atom stereocenters. The Morgan fingerprint density at radius 3 is 2.50 bits per heavy atom. The molecular weight excluding hydrogens is 300 g/mol. The fourth-order valence-electron chi connectivity index (χ4n) is 2.03.